The van der Waals surface area contributed by atoms with Crippen LogP contribution in [-0.4, -0.2) is 32.9 Å². The lowest BCUT2D eigenvalue weighted by Gasteiger charge is -2.06. The summed E-state index contributed by atoms with van der Waals surface area (Å²) in [7, 11) is 0. The molecule has 0 atom stereocenters. The molecular formula is C10H10F2N2O3. The van der Waals surface area contributed by atoms with E-state index in [1.165, 1.54) is 29.0 Å². The molecule has 7 heteroatoms. The summed E-state index contributed by atoms with van der Waals surface area (Å²) >= 11 is 0. The Labute approximate surface area is 94.9 Å². The van der Waals surface area contributed by atoms with Gasteiger partial charge in [0.15, 0.2) is 6.29 Å². The summed E-state index contributed by atoms with van der Waals surface area (Å²) in [6.07, 6.45) is -1.49. The summed E-state index contributed by atoms with van der Waals surface area (Å²) in [6, 6.07) is 2.98. The number of halogens is 2. The van der Waals surface area contributed by atoms with Crippen molar-refractivity contribution >= 4 is 5.52 Å². The molecule has 0 aromatic carbocycles. The third-order valence-corrected chi connectivity index (χ3v) is 2.17. The molecule has 0 amide bonds. The van der Waals surface area contributed by atoms with Gasteiger partial charge in [-0.25, -0.2) is 13.3 Å². The number of pyridine rings is 1. The van der Waals surface area contributed by atoms with E-state index in [-0.39, 0.29) is 11.3 Å². The van der Waals surface area contributed by atoms with Crippen LogP contribution in [0.1, 0.15) is 11.9 Å². The molecule has 0 bridgehead atoms. The quantitative estimate of drug-likeness (QED) is 0.786. The number of rotatable bonds is 4. The Morgan fingerprint density at radius 1 is 1.35 bits per heavy atom. The van der Waals surface area contributed by atoms with E-state index in [2.05, 4.69) is 5.10 Å². The second-order valence-electron chi connectivity index (χ2n) is 3.37. The van der Waals surface area contributed by atoms with Crippen molar-refractivity contribution in [1.82, 2.24) is 9.61 Å². The molecule has 17 heavy (non-hydrogen) atoms. The molecule has 0 saturated heterocycles. The number of ether oxygens (including phenoxy) is 1. The van der Waals surface area contributed by atoms with E-state index in [0.29, 0.717) is 5.52 Å². The Kier molecular flexibility index (Phi) is 3.21. The molecule has 2 heterocycles. The molecule has 0 radical (unpaired) electrons. The highest BCUT2D eigenvalue weighted by Gasteiger charge is 2.11. The van der Waals surface area contributed by atoms with E-state index in [4.69, 9.17) is 14.9 Å². The minimum atomic E-state index is -2.54. The van der Waals surface area contributed by atoms with Gasteiger partial charge in [0.1, 0.15) is 12.4 Å². The summed E-state index contributed by atoms with van der Waals surface area (Å²) in [6.45, 7) is -0.692. The first-order valence-electron chi connectivity index (χ1n) is 4.82. The molecule has 0 spiro atoms. The molecular weight excluding hydrogens is 234 g/mol. The van der Waals surface area contributed by atoms with Gasteiger partial charge in [0.05, 0.1) is 23.5 Å². The lowest BCUT2D eigenvalue weighted by molar-refractivity contribution is -0.0413. The van der Waals surface area contributed by atoms with Crippen LogP contribution in [0.2, 0.25) is 0 Å². The molecule has 5 nitrogen and oxygen atoms in total. The Morgan fingerprint density at radius 3 is 2.76 bits per heavy atom. The molecule has 2 aromatic heterocycles. The van der Waals surface area contributed by atoms with Crippen LogP contribution in [0.25, 0.3) is 5.52 Å². The highest BCUT2D eigenvalue weighted by molar-refractivity contribution is 5.55. The molecule has 2 N–H and O–H groups in total. The van der Waals surface area contributed by atoms with Crippen LogP contribution in [0.5, 0.6) is 5.75 Å². The molecule has 0 aliphatic carbocycles. The molecule has 0 aliphatic heterocycles. The third-order valence-electron chi connectivity index (χ3n) is 2.17. The average molecular weight is 244 g/mol. The number of nitrogens with zero attached hydrogens (tertiary/aromatic N) is 2. The topological polar surface area (TPSA) is 67.0 Å². The molecule has 2 rings (SSSR count). The monoisotopic (exact) mass is 244 g/mol. The van der Waals surface area contributed by atoms with E-state index >= 15 is 0 Å². The summed E-state index contributed by atoms with van der Waals surface area (Å²) in [4.78, 5) is 0. The van der Waals surface area contributed by atoms with Crippen LogP contribution in [-0.2, 0) is 0 Å². The molecule has 0 unspecified atom stereocenters. The molecule has 0 aliphatic rings. The fourth-order valence-corrected chi connectivity index (χ4v) is 1.43. The smallest absolute Gasteiger partial charge is 0.272 e. The van der Waals surface area contributed by atoms with Gasteiger partial charge < -0.3 is 14.9 Å². The largest absolute Gasteiger partial charge is 0.486 e. The van der Waals surface area contributed by atoms with E-state index in [1.807, 2.05) is 0 Å². The van der Waals surface area contributed by atoms with E-state index in [1.54, 1.807) is 0 Å². The summed E-state index contributed by atoms with van der Waals surface area (Å²) < 4.78 is 30.0. The van der Waals surface area contributed by atoms with Gasteiger partial charge >= 0.3 is 0 Å². The van der Waals surface area contributed by atoms with Crippen molar-refractivity contribution in [3.8, 4) is 5.75 Å². The number of fused-ring (bicyclic) bond motifs is 1. The first-order chi connectivity index (χ1) is 8.08. The first kappa shape index (κ1) is 11.7. The predicted molar refractivity (Wildman–Crippen MR) is 53.9 cm³/mol. The standard InChI is InChI=1S/C10H10F2N2O3/c11-9(12)5-17-6-1-2-8-7(10(15)16)3-13-14(8)4-6/h1-4,9-10,15-16H,5H2. The van der Waals surface area contributed by atoms with Gasteiger partial charge in [0.25, 0.3) is 6.43 Å². The van der Waals surface area contributed by atoms with Crippen molar-refractivity contribution < 1.29 is 23.7 Å². The number of aliphatic hydroxyl groups excluding tert-OH is 1. The van der Waals surface area contributed by atoms with Gasteiger partial charge in [-0.1, -0.05) is 0 Å². The van der Waals surface area contributed by atoms with Gasteiger partial charge in [-0.2, -0.15) is 5.10 Å². The normalized spacial score (nSPS) is 11.6. The molecule has 92 valence electrons. The second-order valence-corrected chi connectivity index (χ2v) is 3.37. The number of aromatic nitrogens is 2. The zero-order valence-electron chi connectivity index (χ0n) is 8.62. The van der Waals surface area contributed by atoms with Crippen LogP contribution < -0.4 is 4.74 Å². The fraction of sp³-hybridized carbons (Fsp3) is 0.300. The van der Waals surface area contributed by atoms with Crippen molar-refractivity contribution in [3.05, 3.63) is 30.1 Å². The summed E-state index contributed by atoms with van der Waals surface area (Å²) in [5.41, 5.74) is 0.717. The summed E-state index contributed by atoms with van der Waals surface area (Å²) in [5, 5.41) is 21.9. The van der Waals surface area contributed by atoms with Gasteiger partial charge in [-0.15, -0.1) is 0 Å². The van der Waals surface area contributed by atoms with Crippen molar-refractivity contribution in [1.29, 1.82) is 0 Å². The predicted octanol–water partition coefficient (Wildman–Crippen LogP) is 0.961. The lowest BCUT2D eigenvalue weighted by Crippen LogP contribution is -2.07. The van der Waals surface area contributed by atoms with Gasteiger partial charge in [0.2, 0.25) is 0 Å². The maximum atomic E-state index is 11.9. The van der Waals surface area contributed by atoms with Gasteiger partial charge in [0, 0.05) is 0 Å². The van der Waals surface area contributed by atoms with Crippen molar-refractivity contribution in [3.63, 3.8) is 0 Å². The lowest BCUT2D eigenvalue weighted by atomic mass is 10.2. The van der Waals surface area contributed by atoms with Crippen molar-refractivity contribution in [2.75, 3.05) is 6.61 Å². The molecule has 2 aromatic rings. The zero-order valence-corrected chi connectivity index (χ0v) is 8.62. The number of aliphatic hydroxyl groups is 2. The van der Waals surface area contributed by atoms with Crippen LogP contribution in [0.4, 0.5) is 8.78 Å². The highest BCUT2D eigenvalue weighted by atomic mass is 19.3. The third kappa shape index (κ3) is 2.51. The van der Waals surface area contributed by atoms with Crippen LogP contribution in [0.15, 0.2) is 24.5 Å². The Balaban J connectivity index is 2.26. The van der Waals surface area contributed by atoms with Crippen LogP contribution >= 0.6 is 0 Å². The maximum Gasteiger partial charge on any atom is 0.272 e. The number of hydrogen-bond acceptors (Lipinski definition) is 4. The Hall–Kier alpha value is -1.73. The minimum Gasteiger partial charge on any atom is -0.486 e. The first-order valence-corrected chi connectivity index (χ1v) is 4.82. The SMILES string of the molecule is OC(O)c1cnn2cc(OCC(F)F)ccc12. The molecule has 0 fully saturated rings. The number of hydrogen-bond donors (Lipinski definition) is 2. The summed E-state index contributed by atoms with van der Waals surface area (Å²) in [5.74, 6) is 0.236. The van der Waals surface area contributed by atoms with Gasteiger partial charge in [-0.05, 0) is 12.1 Å². The van der Waals surface area contributed by atoms with Crippen molar-refractivity contribution in [2.24, 2.45) is 0 Å². The minimum absolute atomic E-state index is 0.236. The van der Waals surface area contributed by atoms with Crippen molar-refractivity contribution in [2.45, 2.75) is 12.7 Å². The average Bonchev–Trinajstić information content (AvgIpc) is 2.69. The van der Waals surface area contributed by atoms with E-state index < -0.39 is 19.3 Å². The Morgan fingerprint density at radius 2 is 2.12 bits per heavy atom. The Bertz CT molecular complexity index is 513. The van der Waals surface area contributed by atoms with Crippen LogP contribution in [0.3, 0.4) is 0 Å². The molecule has 0 saturated carbocycles. The second kappa shape index (κ2) is 4.64. The van der Waals surface area contributed by atoms with E-state index in [9.17, 15) is 8.78 Å². The van der Waals surface area contributed by atoms with Crippen LogP contribution in [0, 0.1) is 0 Å². The van der Waals surface area contributed by atoms with Gasteiger partial charge in [-0.3, -0.25) is 0 Å². The highest BCUT2D eigenvalue weighted by Crippen LogP contribution is 2.20. The zero-order chi connectivity index (χ0) is 12.4. The number of alkyl halides is 2. The fourth-order valence-electron chi connectivity index (χ4n) is 1.43. The maximum absolute atomic E-state index is 11.9. The van der Waals surface area contributed by atoms with E-state index in [0.717, 1.165) is 0 Å².